The molecule has 2 rings (SSSR count). The number of nitrogens with one attached hydrogen (secondary N) is 1. The van der Waals surface area contributed by atoms with Crippen molar-refractivity contribution < 1.29 is 4.79 Å². The minimum absolute atomic E-state index is 0.401. The van der Waals surface area contributed by atoms with Crippen molar-refractivity contribution >= 4 is 33.7 Å². The van der Waals surface area contributed by atoms with E-state index in [1.54, 1.807) is 18.2 Å². The van der Waals surface area contributed by atoms with Gasteiger partial charge in [-0.15, -0.1) is 0 Å². The van der Waals surface area contributed by atoms with E-state index in [0.717, 1.165) is 22.3 Å². The quantitative estimate of drug-likeness (QED) is 0.697. The first-order chi connectivity index (χ1) is 8.19. The Hall–Kier alpha value is -1.75. The van der Waals surface area contributed by atoms with Gasteiger partial charge in [-0.05, 0) is 47.1 Å². The normalized spacial score (nSPS) is 10.0. The Bertz CT molecular complexity index is 557. The van der Waals surface area contributed by atoms with E-state index in [0.29, 0.717) is 11.5 Å². The summed E-state index contributed by atoms with van der Waals surface area (Å²) in [6.07, 6.45) is 0.720. The molecule has 0 unspecified atom stereocenters. The number of aldehydes is 1. The van der Waals surface area contributed by atoms with Crippen LogP contribution in [0, 0.1) is 6.92 Å². The average Bonchev–Trinajstić information content (AvgIpc) is 2.33. The van der Waals surface area contributed by atoms with Gasteiger partial charge in [-0.2, -0.15) is 0 Å². The molecular formula is C12H10BrN3O. The molecule has 0 aliphatic heterocycles. The number of anilines is 2. The Morgan fingerprint density at radius 1 is 1.24 bits per heavy atom. The summed E-state index contributed by atoms with van der Waals surface area (Å²) in [5.74, 6) is 0.627. The van der Waals surface area contributed by atoms with Crippen LogP contribution in [0.4, 0.5) is 11.5 Å². The van der Waals surface area contributed by atoms with E-state index in [1.165, 1.54) is 0 Å². The Kier molecular flexibility index (Phi) is 3.49. The van der Waals surface area contributed by atoms with E-state index >= 15 is 0 Å². The molecule has 0 amide bonds. The van der Waals surface area contributed by atoms with Crippen LogP contribution in [0.1, 0.15) is 16.2 Å². The molecule has 86 valence electrons. The first-order valence-electron chi connectivity index (χ1n) is 5.01. The van der Waals surface area contributed by atoms with E-state index in [1.807, 2.05) is 19.1 Å². The predicted molar refractivity (Wildman–Crippen MR) is 69.6 cm³/mol. The van der Waals surface area contributed by atoms with Crippen molar-refractivity contribution in [2.75, 3.05) is 5.32 Å². The molecule has 0 fully saturated rings. The number of aromatic nitrogens is 2. The lowest BCUT2D eigenvalue weighted by Gasteiger charge is -2.08. The number of carbonyl (C=O) groups is 1. The number of hydrogen-bond acceptors (Lipinski definition) is 4. The minimum atomic E-state index is 0.401. The largest absolute Gasteiger partial charge is 0.339 e. The topological polar surface area (TPSA) is 54.9 Å². The summed E-state index contributed by atoms with van der Waals surface area (Å²) >= 11 is 3.30. The minimum Gasteiger partial charge on any atom is -0.339 e. The molecule has 2 heterocycles. The third-order valence-electron chi connectivity index (χ3n) is 2.21. The fourth-order valence-electron chi connectivity index (χ4n) is 1.39. The zero-order valence-electron chi connectivity index (χ0n) is 9.14. The van der Waals surface area contributed by atoms with Gasteiger partial charge in [0.1, 0.15) is 16.1 Å². The number of rotatable bonds is 3. The Labute approximate surface area is 107 Å². The third kappa shape index (κ3) is 2.88. The second-order valence-electron chi connectivity index (χ2n) is 3.46. The van der Waals surface area contributed by atoms with Crippen molar-refractivity contribution in [3.05, 3.63) is 46.3 Å². The molecule has 4 nitrogen and oxygen atoms in total. The molecule has 0 spiro atoms. The fraction of sp³-hybridized carbons (Fsp3) is 0.0833. The molecule has 1 N–H and O–H groups in total. The van der Waals surface area contributed by atoms with Gasteiger partial charge in [-0.3, -0.25) is 4.79 Å². The lowest BCUT2D eigenvalue weighted by molar-refractivity contribution is 0.111. The smallest absolute Gasteiger partial charge is 0.168 e. The molecule has 0 saturated carbocycles. The molecule has 2 aromatic rings. The molecular weight excluding hydrogens is 282 g/mol. The van der Waals surface area contributed by atoms with Crippen LogP contribution in [0.2, 0.25) is 0 Å². The molecule has 17 heavy (non-hydrogen) atoms. The molecule has 2 aromatic heterocycles. The molecule has 0 atom stereocenters. The highest BCUT2D eigenvalue weighted by atomic mass is 79.9. The zero-order chi connectivity index (χ0) is 12.3. The summed E-state index contributed by atoms with van der Waals surface area (Å²) in [7, 11) is 0. The summed E-state index contributed by atoms with van der Waals surface area (Å²) in [4.78, 5) is 19.0. The average molecular weight is 292 g/mol. The molecule has 0 aliphatic rings. The summed E-state index contributed by atoms with van der Waals surface area (Å²) in [5.41, 5.74) is 2.12. The number of hydrogen-bond donors (Lipinski definition) is 1. The van der Waals surface area contributed by atoms with Gasteiger partial charge in [0.05, 0.1) is 11.4 Å². The van der Waals surface area contributed by atoms with E-state index in [-0.39, 0.29) is 0 Å². The van der Waals surface area contributed by atoms with Gasteiger partial charge in [-0.25, -0.2) is 9.97 Å². The van der Waals surface area contributed by atoms with E-state index in [4.69, 9.17) is 0 Å². The number of aryl methyl sites for hydroxylation is 1. The van der Waals surface area contributed by atoms with Gasteiger partial charge in [-0.1, -0.05) is 6.07 Å². The predicted octanol–water partition coefficient (Wildman–Crippen LogP) is 3.10. The molecule has 0 radical (unpaired) electrons. The van der Waals surface area contributed by atoms with Gasteiger partial charge in [0, 0.05) is 0 Å². The van der Waals surface area contributed by atoms with Crippen molar-refractivity contribution in [1.29, 1.82) is 0 Å². The maximum absolute atomic E-state index is 10.6. The van der Waals surface area contributed by atoms with Crippen LogP contribution in [0.3, 0.4) is 0 Å². The van der Waals surface area contributed by atoms with Crippen LogP contribution in [-0.2, 0) is 0 Å². The van der Waals surface area contributed by atoms with Crippen molar-refractivity contribution in [2.24, 2.45) is 0 Å². The van der Waals surface area contributed by atoms with Crippen LogP contribution in [0.25, 0.3) is 0 Å². The number of halogens is 1. The van der Waals surface area contributed by atoms with Gasteiger partial charge < -0.3 is 5.32 Å². The molecule has 0 bridgehead atoms. The second kappa shape index (κ2) is 5.05. The highest BCUT2D eigenvalue weighted by Crippen LogP contribution is 2.19. The Morgan fingerprint density at radius 2 is 2.06 bits per heavy atom. The Morgan fingerprint density at radius 3 is 2.76 bits per heavy atom. The standard InChI is InChI=1S/C12H10BrN3O/c1-8-10(5-6-11(13)14-8)16-12-4-2-3-9(7-17)15-12/h2-7H,1H3,(H,15,16). The van der Waals surface area contributed by atoms with Gasteiger partial charge >= 0.3 is 0 Å². The van der Waals surface area contributed by atoms with Gasteiger partial charge in [0.25, 0.3) is 0 Å². The lowest BCUT2D eigenvalue weighted by atomic mass is 10.3. The number of pyridine rings is 2. The number of nitrogens with zero attached hydrogens (tertiary/aromatic N) is 2. The maximum atomic E-state index is 10.6. The summed E-state index contributed by atoms with van der Waals surface area (Å²) in [6, 6.07) is 8.99. The van der Waals surface area contributed by atoms with Crippen LogP contribution < -0.4 is 5.32 Å². The molecule has 0 saturated heterocycles. The van der Waals surface area contributed by atoms with Crippen LogP contribution >= 0.6 is 15.9 Å². The van der Waals surface area contributed by atoms with Crippen molar-refractivity contribution in [3.8, 4) is 0 Å². The fourth-order valence-corrected chi connectivity index (χ4v) is 1.79. The lowest BCUT2D eigenvalue weighted by Crippen LogP contribution is -1.99. The Balaban J connectivity index is 2.27. The van der Waals surface area contributed by atoms with E-state index in [2.05, 4.69) is 31.2 Å². The van der Waals surface area contributed by atoms with Crippen LogP contribution in [0.5, 0.6) is 0 Å². The molecule has 0 aromatic carbocycles. The highest BCUT2D eigenvalue weighted by molar-refractivity contribution is 9.10. The summed E-state index contributed by atoms with van der Waals surface area (Å²) < 4.78 is 0.787. The van der Waals surface area contributed by atoms with Crippen molar-refractivity contribution in [1.82, 2.24) is 9.97 Å². The second-order valence-corrected chi connectivity index (χ2v) is 4.27. The third-order valence-corrected chi connectivity index (χ3v) is 2.65. The van der Waals surface area contributed by atoms with E-state index < -0.39 is 0 Å². The van der Waals surface area contributed by atoms with Crippen molar-refractivity contribution in [3.63, 3.8) is 0 Å². The number of carbonyl (C=O) groups excluding carboxylic acids is 1. The first-order valence-corrected chi connectivity index (χ1v) is 5.81. The molecule has 0 aliphatic carbocycles. The summed E-state index contributed by atoms with van der Waals surface area (Å²) in [6.45, 7) is 1.90. The summed E-state index contributed by atoms with van der Waals surface area (Å²) in [5, 5.41) is 3.12. The highest BCUT2D eigenvalue weighted by Gasteiger charge is 2.02. The van der Waals surface area contributed by atoms with Crippen LogP contribution in [-0.4, -0.2) is 16.3 Å². The van der Waals surface area contributed by atoms with Gasteiger partial charge in [0.15, 0.2) is 6.29 Å². The zero-order valence-corrected chi connectivity index (χ0v) is 10.7. The first kappa shape index (κ1) is 11.7. The van der Waals surface area contributed by atoms with E-state index in [9.17, 15) is 4.79 Å². The van der Waals surface area contributed by atoms with Crippen LogP contribution in [0.15, 0.2) is 34.9 Å². The van der Waals surface area contributed by atoms with Crippen molar-refractivity contribution in [2.45, 2.75) is 6.92 Å². The maximum Gasteiger partial charge on any atom is 0.168 e. The van der Waals surface area contributed by atoms with Gasteiger partial charge in [0.2, 0.25) is 0 Å². The SMILES string of the molecule is Cc1nc(Br)ccc1Nc1cccc(C=O)n1. The monoisotopic (exact) mass is 291 g/mol. The molecule has 5 heteroatoms.